The van der Waals surface area contributed by atoms with E-state index in [9.17, 15) is 13.6 Å². The number of Topliss-reactive ketones (excluding diaryl/α,β-unsaturated/α-hetero) is 1. The summed E-state index contributed by atoms with van der Waals surface area (Å²) < 4.78 is 26.5. The smallest absolute Gasteiger partial charge is 0.194 e. The molecule has 0 spiro atoms. The zero-order chi connectivity index (χ0) is 14.0. The number of rotatable bonds is 3. The van der Waals surface area contributed by atoms with E-state index in [1.807, 2.05) is 0 Å². The van der Waals surface area contributed by atoms with Crippen LogP contribution in [0.1, 0.15) is 26.7 Å². The Labute approximate surface area is 112 Å². The Balaban J connectivity index is 2.44. The monoisotopic (exact) mass is 277 g/mol. The van der Waals surface area contributed by atoms with E-state index in [0.717, 1.165) is 17.7 Å². The molecule has 0 bridgehead atoms. The quantitative estimate of drug-likeness (QED) is 0.800. The van der Waals surface area contributed by atoms with Crippen molar-refractivity contribution in [1.82, 2.24) is 0 Å². The molecule has 1 heterocycles. The van der Waals surface area contributed by atoms with Gasteiger partial charge in [-0.05, 0) is 30.0 Å². The van der Waals surface area contributed by atoms with Crippen LogP contribution in [-0.2, 0) is 0 Å². The van der Waals surface area contributed by atoms with Gasteiger partial charge in [0.15, 0.2) is 5.78 Å². The molecule has 1 unspecified atom stereocenters. The lowest BCUT2D eigenvalue weighted by atomic mass is 9.94. The Morgan fingerprint density at radius 3 is 2.63 bits per heavy atom. The average molecular weight is 277 g/mol. The molecule has 1 atom stereocenters. The number of hydrogen-bond donors (Lipinski definition) is 0. The maximum atomic E-state index is 13.7. The second-order valence-corrected chi connectivity index (χ2v) is 4.94. The summed E-state index contributed by atoms with van der Waals surface area (Å²) >= 11 is 1.21. The van der Waals surface area contributed by atoms with Crippen LogP contribution >= 0.6 is 11.3 Å². The second-order valence-electron chi connectivity index (χ2n) is 4.02. The van der Waals surface area contributed by atoms with Crippen LogP contribution in [0.4, 0.5) is 8.78 Å². The molecule has 0 saturated carbocycles. The standard InChI is InChI=1S/C14H9F2NOS/c1-8-4-5-19-14(8)13(18)11(7-17)10-3-2-9(15)6-12(10)16/h2-6,11H,1H3. The number of carbonyl (C=O) groups excluding carboxylic acids is 1. The molecule has 1 aromatic heterocycles. The SMILES string of the molecule is Cc1ccsc1C(=O)C(C#N)c1ccc(F)cc1F. The molecule has 96 valence electrons. The summed E-state index contributed by atoms with van der Waals surface area (Å²) in [5.41, 5.74) is 0.652. The molecule has 0 amide bonds. The largest absolute Gasteiger partial charge is 0.291 e. The van der Waals surface area contributed by atoms with Gasteiger partial charge in [0.05, 0.1) is 10.9 Å². The highest BCUT2D eigenvalue weighted by atomic mass is 32.1. The highest BCUT2D eigenvalue weighted by Gasteiger charge is 2.26. The molecule has 5 heteroatoms. The zero-order valence-electron chi connectivity index (χ0n) is 9.98. The summed E-state index contributed by atoms with van der Waals surface area (Å²) in [5.74, 6) is -3.33. The number of aryl methyl sites for hydroxylation is 1. The van der Waals surface area contributed by atoms with Crippen LogP contribution in [0.25, 0.3) is 0 Å². The maximum Gasteiger partial charge on any atom is 0.194 e. The topological polar surface area (TPSA) is 40.9 Å². The maximum absolute atomic E-state index is 13.7. The lowest BCUT2D eigenvalue weighted by molar-refractivity contribution is 0.0981. The fraction of sp³-hybridized carbons (Fsp3) is 0.143. The first kappa shape index (κ1) is 13.4. The van der Waals surface area contributed by atoms with E-state index in [4.69, 9.17) is 5.26 Å². The molecule has 2 aromatic rings. The third kappa shape index (κ3) is 2.54. The molecule has 1 aromatic carbocycles. The molecule has 2 nitrogen and oxygen atoms in total. The molecular formula is C14H9F2NOS. The number of nitrogens with zero attached hydrogens (tertiary/aromatic N) is 1. The van der Waals surface area contributed by atoms with Crippen molar-refractivity contribution >= 4 is 17.1 Å². The summed E-state index contributed by atoms with van der Waals surface area (Å²) in [6.45, 7) is 1.75. The molecule has 0 aliphatic carbocycles. The molecular weight excluding hydrogens is 268 g/mol. The van der Waals surface area contributed by atoms with Crippen LogP contribution in [0.5, 0.6) is 0 Å². The Kier molecular flexibility index (Phi) is 3.72. The normalized spacial score (nSPS) is 11.9. The van der Waals surface area contributed by atoms with Crippen LogP contribution in [0, 0.1) is 29.9 Å². The number of halogens is 2. The lowest BCUT2D eigenvalue weighted by Crippen LogP contribution is -2.12. The fourth-order valence-corrected chi connectivity index (χ4v) is 2.66. The predicted octanol–water partition coefficient (Wildman–Crippen LogP) is 3.82. The zero-order valence-corrected chi connectivity index (χ0v) is 10.8. The number of benzene rings is 1. The number of nitriles is 1. The van der Waals surface area contributed by atoms with Crippen molar-refractivity contribution in [3.05, 3.63) is 57.3 Å². The predicted molar refractivity (Wildman–Crippen MR) is 68.1 cm³/mol. The Morgan fingerprint density at radius 1 is 1.37 bits per heavy atom. The molecule has 0 aliphatic heterocycles. The summed E-state index contributed by atoms with van der Waals surface area (Å²) in [5, 5.41) is 10.8. The number of carbonyl (C=O) groups is 1. The van der Waals surface area contributed by atoms with Gasteiger partial charge in [-0.1, -0.05) is 6.07 Å². The number of hydrogen-bond acceptors (Lipinski definition) is 3. The average Bonchev–Trinajstić information content (AvgIpc) is 2.78. The molecule has 0 aliphatic rings. The van der Waals surface area contributed by atoms with Gasteiger partial charge in [-0.15, -0.1) is 11.3 Å². The Hall–Kier alpha value is -2.06. The molecule has 0 radical (unpaired) electrons. The summed E-state index contributed by atoms with van der Waals surface area (Å²) in [4.78, 5) is 12.6. The third-order valence-electron chi connectivity index (χ3n) is 2.75. The minimum Gasteiger partial charge on any atom is -0.291 e. The first-order valence-corrected chi connectivity index (χ1v) is 6.35. The van der Waals surface area contributed by atoms with E-state index in [-0.39, 0.29) is 5.56 Å². The van der Waals surface area contributed by atoms with Gasteiger partial charge < -0.3 is 0 Å². The minimum atomic E-state index is -1.25. The number of thiophene rings is 1. The van der Waals surface area contributed by atoms with Crippen LogP contribution in [0.2, 0.25) is 0 Å². The van der Waals surface area contributed by atoms with Crippen LogP contribution in [0.3, 0.4) is 0 Å². The molecule has 19 heavy (non-hydrogen) atoms. The Morgan fingerprint density at radius 2 is 2.11 bits per heavy atom. The van der Waals surface area contributed by atoms with E-state index in [2.05, 4.69) is 0 Å². The van der Waals surface area contributed by atoms with Crippen molar-refractivity contribution in [2.75, 3.05) is 0 Å². The van der Waals surface area contributed by atoms with Crippen molar-refractivity contribution in [1.29, 1.82) is 5.26 Å². The van der Waals surface area contributed by atoms with Crippen molar-refractivity contribution in [2.45, 2.75) is 12.8 Å². The fourth-order valence-electron chi connectivity index (χ4n) is 1.76. The van der Waals surface area contributed by atoms with Crippen molar-refractivity contribution < 1.29 is 13.6 Å². The van der Waals surface area contributed by atoms with Gasteiger partial charge in [-0.2, -0.15) is 5.26 Å². The van der Waals surface area contributed by atoms with Crippen LogP contribution in [0.15, 0.2) is 29.6 Å². The van der Waals surface area contributed by atoms with E-state index in [0.29, 0.717) is 10.9 Å². The first-order valence-electron chi connectivity index (χ1n) is 5.47. The van der Waals surface area contributed by atoms with Crippen molar-refractivity contribution in [3.63, 3.8) is 0 Å². The summed E-state index contributed by atoms with van der Waals surface area (Å²) in [6.07, 6.45) is 0. The van der Waals surface area contributed by atoms with E-state index in [1.165, 1.54) is 11.3 Å². The van der Waals surface area contributed by atoms with Gasteiger partial charge in [0.2, 0.25) is 0 Å². The highest BCUT2D eigenvalue weighted by Crippen LogP contribution is 2.27. The van der Waals surface area contributed by atoms with Crippen LogP contribution < -0.4 is 0 Å². The molecule has 0 saturated heterocycles. The minimum absolute atomic E-state index is 0.0956. The van der Waals surface area contributed by atoms with E-state index >= 15 is 0 Å². The van der Waals surface area contributed by atoms with E-state index < -0.39 is 23.3 Å². The van der Waals surface area contributed by atoms with Gasteiger partial charge >= 0.3 is 0 Å². The van der Waals surface area contributed by atoms with Crippen molar-refractivity contribution in [2.24, 2.45) is 0 Å². The lowest BCUT2D eigenvalue weighted by Gasteiger charge is -2.09. The van der Waals surface area contributed by atoms with Gasteiger partial charge in [0, 0.05) is 11.6 Å². The summed E-state index contributed by atoms with van der Waals surface area (Å²) in [7, 11) is 0. The van der Waals surface area contributed by atoms with Crippen molar-refractivity contribution in [3.8, 4) is 6.07 Å². The summed E-state index contributed by atoms with van der Waals surface area (Å²) in [6, 6.07) is 6.40. The van der Waals surface area contributed by atoms with Gasteiger partial charge in [0.25, 0.3) is 0 Å². The highest BCUT2D eigenvalue weighted by molar-refractivity contribution is 7.12. The van der Waals surface area contributed by atoms with Gasteiger partial charge in [-0.3, -0.25) is 4.79 Å². The molecule has 0 fully saturated rings. The van der Waals surface area contributed by atoms with Crippen LogP contribution in [-0.4, -0.2) is 5.78 Å². The van der Waals surface area contributed by atoms with Gasteiger partial charge in [-0.25, -0.2) is 8.78 Å². The Bertz CT molecular complexity index is 672. The molecule has 2 rings (SSSR count). The van der Waals surface area contributed by atoms with Gasteiger partial charge in [0.1, 0.15) is 17.6 Å². The van der Waals surface area contributed by atoms with E-state index in [1.54, 1.807) is 24.4 Å². The second kappa shape index (κ2) is 5.29. The first-order chi connectivity index (χ1) is 9.04. The number of ketones is 1. The molecule has 0 N–H and O–H groups in total. The third-order valence-corrected chi connectivity index (χ3v) is 3.78.